The van der Waals surface area contributed by atoms with E-state index in [0.717, 1.165) is 25.7 Å². The van der Waals surface area contributed by atoms with Crippen molar-refractivity contribution in [2.75, 3.05) is 0 Å². The lowest BCUT2D eigenvalue weighted by molar-refractivity contribution is 0.128. The zero-order chi connectivity index (χ0) is 11.4. The van der Waals surface area contributed by atoms with Crippen LogP contribution in [0.15, 0.2) is 0 Å². The molecule has 0 aromatic heterocycles. The number of hydrogen-bond donors (Lipinski definition) is 2. The lowest BCUT2D eigenvalue weighted by atomic mass is 9.65. The molecule has 0 aromatic rings. The third-order valence-electron chi connectivity index (χ3n) is 4.27. The predicted molar refractivity (Wildman–Crippen MR) is 64.2 cm³/mol. The van der Waals surface area contributed by atoms with Crippen molar-refractivity contribution in [1.82, 2.24) is 0 Å². The van der Waals surface area contributed by atoms with Gasteiger partial charge in [-0.2, -0.15) is 0 Å². The summed E-state index contributed by atoms with van der Waals surface area (Å²) in [6.07, 6.45) is 3.97. The van der Waals surface area contributed by atoms with E-state index >= 15 is 0 Å². The molecule has 0 aliphatic heterocycles. The van der Waals surface area contributed by atoms with Crippen LogP contribution in [0.2, 0.25) is 0 Å². The second kappa shape index (κ2) is 5.13. The molecule has 0 aromatic carbocycles. The fourth-order valence-corrected chi connectivity index (χ4v) is 2.46. The quantitative estimate of drug-likeness (QED) is 0.692. The molecule has 86 valence electrons. The summed E-state index contributed by atoms with van der Waals surface area (Å²) >= 11 is 0. The molecule has 14 heavy (non-hydrogen) atoms. The lowest BCUT2D eigenvalue weighted by Crippen LogP contribution is -2.68. The highest BCUT2D eigenvalue weighted by Gasteiger charge is 2.44. The van der Waals surface area contributed by atoms with Gasteiger partial charge < -0.3 is 11.5 Å². The van der Waals surface area contributed by atoms with E-state index in [1.165, 1.54) is 0 Å². The first kappa shape index (κ1) is 13.9. The minimum Gasteiger partial charge on any atom is -0.324 e. The van der Waals surface area contributed by atoms with E-state index in [4.69, 9.17) is 11.5 Å². The summed E-state index contributed by atoms with van der Waals surface area (Å²) in [6.45, 7) is 10.8. The van der Waals surface area contributed by atoms with Crippen LogP contribution in [0.1, 0.15) is 60.3 Å². The molecule has 2 unspecified atom stereocenters. The van der Waals surface area contributed by atoms with Gasteiger partial charge in [-0.05, 0) is 25.2 Å². The average Bonchev–Trinajstić information content (AvgIpc) is 2.25. The smallest absolute Gasteiger partial charge is 0.0359 e. The van der Waals surface area contributed by atoms with Crippen LogP contribution in [0.5, 0.6) is 0 Å². The minimum atomic E-state index is -0.217. The highest BCUT2D eigenvalue weighted by atomic mass is 14.9. The molecule has 0 saturated heterocycles. The van der Waals surface area contributed by atoms with Crippen molar-refractivity contribution in [3.63, 3.8) is 0 Å². The first-order valence-corrected chi connectivity index (χ1v) is 5.99. The molecule has 0 bridgehead atoms. The molecule has 2 nitrogen and oxygen atoms in total. The van der Waals surface area contributed by atoms with E-state index in [0.29, 0.717) is 5.92 Å². The van der Waals surface area contributed by atoms with Gasteiger partial charge in [-0.25, -0.2) is 0 Å². The number of hydrogen-bond acceptors (Lipinski definition) is 2. The number of rotatable bonds is 6. The fraction of sp³-hybridized carbons (Fsp3) is 1.00. The van der Waals surface area contributed by atoms with Gasteiger partial charge in [0, 0.05) is 11.1 Å². The minimum absolute atomic E-state index is 0.211. The van der Waals surface area contributed by atoms with Crippen molar-refractivity contribution >= 4 is 0 Å². The van der Waals surface area contributed by atoms with Crippen molar-refractivity contribution in [3.05, 3.63) is 0 Å². The molecule has 2 atom stereocenters. The first-order valence-electron chi connectivity index (χ1n) is 5.99. The third kappa shape index (κ3) is 2.12. The highest BCUT2D eigenvalue weighted by molar-refractivity contribution is 5.07. The Kier molecular flexibility index (Phi) is 5.10. The van der Waals surface area contributed by atoms with Crippen LogP contribution in [-0.2, 0) is 0 Å². The summed E-state index contributed by atoms with van der Waals surface area (Å²) in [5.74, 6) is 0.484. The lowest BCUT2D eigenvalue weighted by Gasteiger charge is -2.49. The normalized spacial score (nSPS) is 19.1. The van der Waals surface area contributed by atoms with Crippen LogP contribution in [0.3, 0.4) is 0 Å². The Hall–Kier alpha value is -0.0800. The largest absolute Gasteiger partial charge is 0.324 e. The highest BCUT2D eigenvalue weighted by Crippen LogP contribution is 2.35. The Morgan fingerprint density at radius 1 is 0.929 bits per heavy atom. The van der Waals surface area contributed by atoms with Crippen LogP contribution in [0.25, 0.3) is 0 Å². The zero-order valence-electron chi connectivity index (χ0n) is 10.6. The number of nitrogens with two attached hydrogens (primary N) is 2. The van der Waals surface area contributed by atoms with E-state index in [1.54, 1.807) is 0 Å². The standard InChI is InChI=1S/C12H28N2/c1-6-10(5)12(14,9-4)11(13,7-2)8-3/h10H,6-9,13-14H2,1-5H3. The molecule has 0 spiro atoms. The Balaban J connectivity index is 4.99. The van der Waals surface area contributed by atoms with Crippen molar-refractivity contribution in [3.8, 4) is 0 Å². The van der Waals surface area contributed by atoms with E-state index in [2.05, 4.69) is 34.6 Å². The molecule has 0 aliphatic rings. The van der Waals surface area contributed by atoms with Gasteiger partial charge in [0.1, 0.15) is 0 Å². The van der Waals surface area contributed by atoms with Crippen LogP contribution >= 0.6 is 0 Å². The average molecular weight is 200 g/mol. The Morgan fingerprint density at radius 2 is 1.36 bits per heavy atom. The second-order valence-electron chi connectivity index (χ2n) is 4.57. The van der Waals surface area contributed by atoms with Gasteiger partial charge in [-0.3, -0.25) is 0 Å². The van der Waals surface area contributed by atoms with Crippen molar-refractivity contribution < 1.29 is 0 Å². The summed E-state index contributed by atoms with van der Waals surface area (Å²) in [6, 6.07) is 0. The summed E-state index contributed by atoms with van der Waals surface area (Å²) in [5.41, 5.74) is 12.5. The maximum absolute atomic E-state index is 6.53. The maximum Gasteiger partial charge on any atom is 0.0359 e. The maximum atomic E-state index is 6.53. The molecular formula is C12H28N2. The topological polar surface area (TPSA) is 52.0 Å². The predicted octanol–water partition coefficient (Wildman–Crippen LogP) is 2.66. The van der Waals surface area contributed by atoms with Gasteiger partial charge >= 0.3 is 0 Å². The van der Waals surface area contributed by atoms with E-state index < -0.39 is 0 Å². The summed E-state index contributed by atoms with van der Waals surface area (Å²) in [7, 11) is 0. The molecule has 0 rings (SSSR count). The molecule has 0 aliphatic carbocycles. The third-order valence-corrected chi connectivity index (χ3v) is 4.27. The van der Waals surface area contributed by atoms with E-state index in [-0.39, 0.29) is 11.1 Å². The van der Waals surface area contributed by atoms with Crippen LogP contribution in [0.4, 0.5) is 0 Å². The monoisotopic (exact) mass is 200 g/mol. The van der Waals surface area contributed by atoms with Gasteiger partial charge in [0.25, 0.3) is 0 Å². The van der Waals surface area contributed by atoms with Gasteiger partial charge in [-0.1, -0.05) is 41.0 Å². The van der Waals surface area contributed by atoms with Crippen molar-refractivity contribution in [1.29, 1.82) is 0 Å². The van der Waals surface area contributed by atoms with Crippen LogP contribution in [0, 0.1) is 5.92 Å². The molecule has 0 radical (unpaired) electrons. The van der Waals surface area contributed by atoms with Gasteiger partial charge in [0.2, 0.25) is 0 Å². The van der Waals surface area contributed by atoms with Crippen molar-refractivity contribution in [2.24, 2.45) is 17.4 Å². The van der Waals surface area contributed by atoms with Crippen LogP contribution < -0.4 is 11.5 Å². The molecule has 0 amide bonds. The fourth-order valence-electron chi connectivity index (χ4n) is 2.46. The SMILES string of the molecule is CCC(C)C(N)(CC)C(N)(CC)CC. The Morgan fingerprint density at radius 3 is 1.57 bits per heavy atom. The summed E-state index contributed by atoms with van der Waals surface area (Å²) < 4.78 is 0. The molecule has 0 fully saturated rings. The summed E-state index contributed by atoms with van der Waals surface area (Å²) in [5, 5.41) is 0. The van der Waals surface area contributed by atoms with Gasteiger partial charge in [-0.15, -0.1) is 0 Å². The van der Waals surface area contributed by atoms with E-state index in [1.807, 2.05) is 0 Å². The second-order valence-corrected chi connectivity index (χ2v) is 4.57. The van der Waals surface area contributed by atoms with Crippen molar-refractivity contribution in [2.45, 2.75) is 71.4 Å². The van der Waals surface area contributed by atoms with Gasteiger partial charge in [0.15, 0.2) is 0 Å². The molecule has 0 heterocycles. The zero-order valence-corrected chi connectivity index (χ0v) is 10.6. The Labute approximate surface area is 89.4 Å². The molecular weight excluding hydrogens is 172 g/mol. The summed E-state index contributed by atoms with van der Waals surface area (Å²) in [4.78, 5) is 0. The van der Waals surface area contributed by atoms with E-state index in [9.17, 15) is 0 Å². The van der Waals surface area contributed by atoms with Crippen LogP contribution in [-0.4, -0.2) is 11.1 Å². The molecule has 4 N–H and O–H groups in total. The van der Waals surface area contributed by atoms with Gasteiger partial charge in [0.05, 0.1) is 0 Å². The molecule has 0 saturated carbocycles. The molecule has 2 heteroatoms. The Bertz CT molecular complexity index is 164. The first-order chi connectivity index (χ1) is 6.41.